The van der Waals surface area contributed by atoms with Crippen LogP contribution in [-0.2, 0) is 33.5 Å². The summed E-state index contributed by atoms with van der Waals surface area (Å²) in [5, 5.41) is 0. The van der Waals surface area contributed by atoms with Gasteiger partial charge in [0.25, 0.3) is 15.2 Å². The average molecular weight is 1150 g/mol. The van der Waals surface area contributed by atoms with Gasteiger partial charge < -0.3 is 27.6 Å². The van der Waals surface area contributed by atoms with Gasteiger partial charge in [-0.1, -0.05) is 268 Å². The Kier molecular flexibility index (Phi) is 47.7. The molecule has 2 unspecified atom stereocenters. The van der Waals surface area contributed by atoms with Gasteiger partial charge in [0.1, 0.15) is 11.5 Å². The summed E-state index contributed by atoms with van der Waals surface area (Å²) in [6.45, 7) is 16.2. The van der Waals surface area contributed by atoms with Crippen LogP contribution >= 0.6 is 37.9 Å². The largest absolute Gasteiger partial charge is 0.466 e. The molecule has 0 spiro atoms. The lowest BCUT2D eigenvalue weighted by molar-refractivity contribution is -0.144. The van der Waals surface area contributed by atoms with Crippen molar-refractivity contribution in [3.63, 3.8) is 0 Å². The maximum absolute atomic E-state index is 12.1. The summed E-state index contributed by atoms with van der Waals surface area (Å²) in [7, 11) is -2.20. The summed E-state index contributed by atoms with van der Waals surface area (Å²) in [5.41, 5.74) is 2.25. The lowest BCUT2D eigenvalue weighted by Gasteiger charge is -2.27. The van der Waals surface area contributed by atoms with E-state index in [9.17, 15) is 9.59 Å². The van der Waals surface area contributed by atoms with E-state index in [4.69, 9.17) is 27.6 Å². The van der Waals surface area contributed by atoms with E-state index in [2.05, 4.69) is 90.1 Å². The Morgan fingerprint density at radius 3 is 0.961 bits per heavy atom. The molecule has 444 valence electrons. The number of ether oxygens (including phenoxy) is 2. The third-order valence-corrected chi connectivity index (χ3v) is 20.7. The van der Waals surface area contributed by atoms with Gasteiger partial charge in [-0.3, -0.25) is 9.59 Å². The predicted octanol–water partition coefficient (Wildman–Crippen LogP) is 22.7. The molecule has 2 aromatic carbocycles. The zero-order valence-electron chi connectivity index (χ0n) is 50.2. The molecule has 0 saturated carbocycles. The Morgan fingerprint density at radius 1 is 0.364 bits per heavy atom. The summed E-state index contributed by atoms with van der Waals surface area (Å²) >= 11 is 3.67. The van der Waals surface area contributed by atoms with Crippen molar-refractivity contribution in [2.75, 3.05) is 37.9 Å². The summed E-state index contributed by atoms with van der Waals surface area (Å²) in [5.74, 6) is 3.71. The summed E-state index contributed by atoms with van der Waals surface area (Å²) in [6, 6.07) is 17.3. The van der Waals surface area contributed by atoms with E-state index in [0.29, 0.717) is 26.1 Å². The van der Waals surface area contributed by atoms with Crippen molar-refractivity contribution in [3.8, 4) is 11.5 Å². The minimum absolute atomic E-state index is 0.0277. The van der Waals surface area contributed by atoms with E-state index in [-0.39, 0.29) is 17.4 Å². The molecule has 2 atom stereocenters. The zero-order chi connectivity index (χ0) is 55.5. The first-order valence-electron chi connectivity index (χ1n) is 31.7. The van der Waals surface area contributed by atoms with Crippen molar-refractivity contribution in [2.45, 2.75) is 291 Å². The molecular formula is C65H114O8P2S2. The summed E-state index contributed by atoms with van der Waals surface area (Å²) in [6.07, 6.45) is 43.8. The SMILES string of the molecule is CCCCCCCCOC(=O)CCCCCCCCSP(OCCCCCCCC)Oc1ccc(C(C)(C)c2ccc(OP(OCCCCCCCC)SCCCCCCCCC(=O)OCCCCCCCC)cc2)cc1. The predicted molar refractivity (Wildman–Crippen MR) is 337 cm³/mol. The summed E-state index contributed by atoms with van der Waals surface area (Å²) in [4.78, 5) is 24.3. The minimum Gasteiger partial charge on any atom is -0.466 e. The Hall–Kier alpha value is -1.54. The van der Waals surface area contributed by atoms with Crippen molar-refractivity contribution in [2.24, 2.45) is 0 Å². The van der Waals surface area contributed by atoms with Gasteiger partial charge in [-0.25, -0.2) is 0 Å². The molecule has 2 aromatic rings. The Labute approximate surface area is 484 Å². The van der Waals surface area contributed by atoms with Crippen LogP contribution in [0.4, 0.5) is 0 Å². The second-order valence-corrected chi connectivity index (χ2v) is 28.3. The molecular weight excluding hydrogens is 1030 g/mol. The van der Waals surface area contributed by atoms with Crippen molar-refractivity contribution >= 4 is 49.9 Å². The van der Waals surface area contributed by atoms with E-state index >= 15 is 0 Å². The Bertz CT molecular complexity index is 1520. The van der Waals surface area contributed by atoms with Crippen LogP contribution in [0.5, 0.6) is 11.5 Å². The maximum atomic E-state index is 12.1. The van der Waals surface area contributed by atoms with Crippen LogP contribution in [0.1, 0.15) is 297 Å². The fourth-order valence-electron chi connectivity index (χ4n) is 9.14. The molecule has 0 fully saturated rings. The fourth-order valence-corrected chi connectivity index (χ4v) is 15.0. The highest BCUT2D eigenvalue weighted by Gasteiger charge is 2.24. The van der Waals surface area contributed by atoms with Gasteiger partial charge in [0.2, 0.25) is 0 Å². The van der Waals surface area contributed by atoms with Gasteiger partial charge in [-0.05, 0) is 86.8 Å². The van der Waals surface area contributed by atoms with Crippen LogP contribution in [-0.4, -0.2) is 49.9 Å². The van der Waals surface area contributed by atoms with Crippen LogP contribution < -0.4 is 9.05 Å². The number of unbranched alkanes of at least 4 members (excludes halogenated alkanes) is 30. The monoisotopic (exact) mass is 1150 g/mol. The van der Waals surface area contributed by atoms with Gasteiger partial charge in [0.15, 0.2) is 0 Å². The summed E-state index contributed by atoms with van der Waals surface area (Å²) < 4.78 is 37.0. The van der Waals surface area contributed by atoms with Crippen molar-refractivity contribution in [1.29, 1.82) is 0 Å². The highest BCUT2D eigenvalue weighted by Crippen LogP contribution is 2.53. The number of carbonyl (C=O) groups is 2. The van der Waals surface area contributed by atoms with Gasteiger partial charge in [-0.2, -0.15) is 0 Å². The highest BCUT2D eigenvalue weighted by atomic mass is 32.7. The first-order valence-corrected chi connectivity index (χ1v) is 37.3. The quantitative estimate of drug-likeness (QED) is 0.0362. The molecule has 0 bridgehead atoms. The molecule has 0 radical (unpaired) electrons. The smallest absolute Gasteiger partial charge is 0.305 e. The zero-order valence-corrected chi connectivity index (χ0v) is 53.6. The molecule has 77 heavy (non-hydrogen) atoms. The van der Waals surface area contributed by atoms with E-state index in [1.54, 1.807) is 0 Å². The van der Waals surface area contributed by atoms with Crippen LogP contribution in [0.2, 0.25) is 0 Å². The second-order valence-electron chi connectivity index (χ2n) is 21.9. The van der Waals surface area contributed by atoms with E-state index in [1.807, 2.05) is 22.8 Å². The minimum atomic E-state index is -1.10. The third kappa shape index (κ3) is 40.3. The molecule has 0 amide bonds. The maximum Gasteiger partial charge on any atom is 0.305 e. The molecule has 0 aliphatic carbocycles. The topological polar surface area (TPSA) is 89.5 Å². The Morgan fingerprint density at radius 2 is 0.636 bits per heavy atom. The molecule has 0 aliphatic rings. The standard InChI is InChI=1S/C65H114O8P2S2/c1-7-11-15-19-29-37-53-68-63(66)43-35-27-23-25-33-41-57-76-74(70-55-39-31-21-17-13-9-3)72-61-49-45-59(46-50-61)65(5,6)60-47-51-62(52-48-60)73-75(71-56-40-32-22-18-14-10-4)77-58-42-34-26-24-28-36-44-64(67)69-54-38-30-20-16-12-8-2/h45-52H,7-44,53-58H2,1-6H3. The van der Waals surface area contributed by atoms with Crippen molar-refractivity contribution < 1.29 is 37.2 Å². The van der Waals surface area contributed by atoms with Crippen LogP contribution in [0.15, 0.2) is 48.5 Å². The van der Waals surface area contributed by atoms with Crippen molar-refractivity contribution in [1.82, 2.24) is 0 Å². The van der Waals surface area contributed by atoms with Gasteiger partial charge in [0, 0.05) is 29.8 Å². The number of carbonyl (C=O) groups excluding carboxylic acids is 2. The fraction of sp³-hybridized carbons (Fsp3) is 0.785. The molecule has 12 heteroatoms. The first-order chi connectivity index (χ1) is 37.7. The molecule has 0 aromatic heterocycles. The third-order valence-electron chi connectivity index (χ3n) is 14.4. The first kappa shape index (κ1) is 71.6. The second kappa shape index (κ2) is 51.3. The lowest BCUT2D eigenvalue weighted by Crippen LogP contribution is -2.18. The molecule has 8 nitrogen and oxygen atoms in total. The normalized spacial score (nSPS) is 12.4. The van der Waals surface area contributed by atoms with Gasteiger partial charge in [-0.15, -0.1) is 0 Å². The Balaban J connectivity index is 1.84. The number of hydrogen-bond acceptors (Lipinski definition) is 10. The van der Waals surface area contributed by atoms with E-state index < -0.39 is 15.2 Å². The lowest BCUT2D eigenvalue weighted by atomic mass is 9.78. The van der Waals surface area contributed by atoms with Crippen LogP contribution in [0, 0.1) is 0 Å². The van der Waals surface area contributed by atoms with Gasteiger partial charge in [0.05, 0.1) is 26.4 Å². The number of hydrogen-bond donors (Lipinski definition) is 0. The number of benzene rings is 2. The van der Waals surface area contributed by atoms with Crippen LogP contribution in [0.3, 0.4) is 0 Å². The van der Waals surface area contributed by atoms with Gasteiger partial charge >= 0.3 is 11.9 Å². The molecule has 2 rings (SSSR count). The molecule has 0 saturated heterocycles. The number of rotatable bonds is 56. The highest BCUT2D eigenvalue weighted by molar-refractivity contribution is 8.53. The molecule has 0 heterocycles. The van der Waals surface area contributed by atoms with E-state index in [0.717, 1.165) is 126 Å². The molecule has 0 aliphatic heterocycles. The van der Waals surface area contributed by atoms with Crippen LogP contribution in [0.25, 0.3) is 0 Å². The van der Waals surface area contributed by atoms with Crippen molar-refractivity contribution in [3.05, 3.63) is 59.7 Å². The number of esters is 2. The average Bonchev–Trinajstić information content (AvgIpc) is 3.43. The molecule has 0 N–H and O–H groups in total. The van der Waals surface area contributed by atoms with E-state index in [1.165, 1.54) is 152 Å².